The minimum atomic E-state index is -1.12. The fraction of sp³-hybridized carbons (Fsp3) is 0.556. The third kappa shape index (κ3) is 1.88. The maximum absolute atomic E-state index is 11.1. The van der Waals surface area contributed by atoms with Crippen molar-refractivity contribution >= 4 is 17.6 Å². The smallest absolute Gasteiger partial charge is 0.406 e. The lowest BCUT2D eigenvalue weighted by molar-refractivity contribution is -0.388. The minimum Gasteiger partial charge on any atom is -0.480 e. The minimum absolute atomic E-state index is 0.0390. The maximum Gasteiger partial charge on any atom is 0.406 e. The summed E-state index contributed by atoms with van der Waals surface area (Å²) in [6.07, 6.45) is 0.468. The first kappa shape index (κ1) is 12.3. The molecule has 1 saturated heterocycles. The van der Waals surface area contributed by atoms with Crippen molar-refractivity contribution in [1.82, 2.24) is 9.55 Å². The molecule has 1 aliphatic rings. The van der Waals surface area contributed by atoms with E-state index in [1.807, 2.05) is 0 Å². The number of carbonyl (C=O) groups is 1. The second-order valence-corrected chi connectivity index (χ2v) is 4.16. The molecular weight excluding hydrogens is 244 g/mol. The molecular formula is C9H12N4O5. The summed E-state index contributed by atoms with van der Waals surface area (Å²) in [5, 5.41) is 29.4. The molecule has 2 atom stereocenters. The molecule has 1 fully saturated rings. The molecule has 1 aromatic rings. The monoisotopic (exact) mass is 256 g/mol. The number of aliphatic hydroxyl groups is 1. The zero-order valence-corrected chi connectivity index (χ0v) is 9.55. The van der Waals surface area contributed by atoms with E-state index >= 15 is 0 Å². The third-order valence-corrected chi connectivity index (χ3v) is 2.90. The van der Waals surface area contributed by atoms with E-state index in [-0.39, 0.29) is 18.8 Å². The fourth-order valence-corrected chi connectivity index (χ4v) is 2.15. The van der Waals surface area contributed by atoms with Crippen molar-refractivity contribution in [3.05, 3.63) is 16.4 Å². The highest BCUT2D eigenvalue weighted by Crippen LogP contribution is 2.32. The predicted octanol–water partition coefficient (Wildman–Crippen LogP) is -0.648. The standard InChI is InChI=1S/C9H12N4O5/c1-11-4-10-7(13(17)18)8(11)12-3-5(14)2-6(12)9(15)16/h4-6,14H,2-3H2,1H3,(H,15,16). The van der Waals surface area contributed by atoms with Gasteiger partial charge >= 0.3 is 11.8 Å². The van der Waals surface area contributed by atoms with Gasteiger partial charge < -0.3 is 25.2 Å². The third-order valence-electron chi connectivity index (χ3n) is 2.90. The van der Waals surface area contributed by atoms with Crippen molar-refractivity contribution in [3.8, 4) is 0 Å². The van der Waals surface area contributed by atoms with Gasteiger partial charge in [0, 0.05) is 20.0 Å². The molecule has 0 amide bonds. The Morgan fingerprint density at radius 1 is 1.67 bits per heavy atom. The number of β-amino-alcohol motifs (C(OH)–C–C–N with tert-alkyl or cyclic N) is 1. The summed E-state index contributed by atoms with van der Waals surface area (Å²) >= 11 is 0. The van der Waals surface area contributed by atoms with Gasteiger partial charge in [-0.05, 0) is 9.91 Å². The summed E-state index contributed by atoms with van der Waals surface area (Å²) in [5.41, 5.74) is 0. The molecule has 0 spiro atoms. The Kier molecular flexibility index (Phi) is 2.91. The van der Waals surface area contributed by atoms with Crippen molar-refractivity contribution in [3.63, 3.8) is 0 Å². The van der Waals surface area contributed by atoms with Crippen molar-refractivity contribution in [2.75, 3.05) is 11.4 Å². The van der Waals surface area contributed by atoms with Crippen molar-refractivity contribution in [2.24, 2.45) is 7.05 Å². The molecule has 0 radical (unpaired) electrons. The second-order valence-electron chi connectivity index (χ2n) is 4.16. The summed E-state index contributed by atoms with van der Waals surface area (Å²) < 4.78 is 1.38. The highest BCUT2D eigenvalue weighted by molar-refractivity contribution is 5.80. The Morgan fingerprint density at radius 2 is 2.33 bits per heavy atom. The average molecular weight is 256 g/mol. The van der Waals surface area contributed by atoms with E-state index in [4.69, 9.17) is 5.11 Å². The summed E-state index contributed by atoms with van der Waals surface area (Å²) in [7, 11) is 1.54. The van der Waals surface area contributed by atoms with E-state index in [0.717, 1.165) is 0 Å². The molecule has 2 N–H and O–H groups in total. The molecule has 1 aliphatic heterocycles. The van der Waals surface area contributed by atoms with Crippen LogP contribution in [0.1, 0.15) is 6.42 Å². The summed E-state index contributed by atoms with van der Waals surface area (Å²) in [4.78, 5) is 26.2. The van der Waals surface area contributed by atoms with E-state index in [1.165, 1.54) is 15.8 Å². The van der Waals surface area contributed by atoms with Crippen molar-refractivity contribution in [1.29, 1.82) is 0 Å². The first-order valence-electron chi connectivity index (χ1n) is 5.25. The van der Waals surface area contributed by atoms with Crippen LogP contribution in [0.2, 0.25) is 0 Å². The molecule has 0 aliphatic carbocycles. The summed E-state index contributed by atoms with van der Waals surface area (Å²) in [5.74, 6) is -1.43. The molecule has 2 unspecified atom stereocenters. The number of hydrogen-bond acceptors (Lipinski definition) is 6. The molecule has 2 rings (SSSR count). The lowest BCUT2D eigenvalue weighted by Gasteiger charge is -2.22. The Hall–Kier alpha value is -2.16. The van der Waals surface area contributed by atoms with Gasteiger partial charge in [0.1, 0.15) is 6.04 Å². The number of aromatic nitrogens is 2. The molecule has 9 nitrogen and oxygen atoms in total. The molecule has 2 heterocycles. The van der Waals surface area contributed by atoms with E-state index in [2.05, 4.69) is 4.98 Å². The predicted molar refractivity (Wildman–Crippen MR) is 59.3 cm³/mol. The van der Waals surface area contributed by atoms with Crippen LogP contribution in [0.3, 0.4) is 0 Å². The van der Waals surface area contributed by atoms with Crippen molar-refractivity contribution in [2.45, 2.75) is 18.6 Å². The number of hydrogen-bond donors (Lipinski definition) is 2. The average Bonchev–Trinajstić information content (AvgIpc) is 2.81. The highest BCUT2D eigenvalue weighted by atomic mass is 16.6. The van der Waals surface area contributed by atoms with E-state index in [0.29, 0.717) is 0 Å². The van der Waals surface area contributed by atoms with Crippen LogP contribution in [0, 0.1) is 10.1 Å². The van der Waals surface area contributed by atoms with Crippen LogP contribution in [-0.4, -0.2) is 49.3 Å². The first-order chi connectivity index (χ1) is 8.41. The van der Waals surface area contributed by atoms with Crippen LogP contribution in [0.4, 0.5) is 11.6 Å². The topological polar surface area (TPSA) is 122 Å². The number of nitrogens with zero attached hydrogens (tertiary/aromatic N) is 4. The summed E-state index contributed by atoms with van der Waals surface area (Å²) in [6, 6.07) is -0.978. The van der Waals surface area contributed by atoms with Crippen molar-refractivity contribution < 1.29 is 19.9 Å². The molecule has 98 valence electrons. The van der Waals surface area contributed by atoms with Crippen LogP contribution >= 0.6 is 0 Å². The van der Waals surface area contributed by atoms with Gasteiger partial charge in [0.15, 0.2) is 0 Å². The number of aliphatic carboxylic acids is 1. The number of aryl methyl sites for hydroxylation is 1. The number of nitro groups is 1. The highest BCUT2D eigenvalue weighted by Gasteiger charge is 2.41. The van der Waals surface area contributed by atoms with Crippen LogP contribution < -0.4 is 4.90 Å². The lowest BCUT2D eigenvalue weighted by atomic mass is 10.2. The van der Waals surface area contributed by atoms with Crippen LogP contribution in [0.15, 0.2) is 6.33 Å². The van der Waals surface area contributed by atoms with Gasteiger partial charge in [0.05, 0.1) is 6.10 Å². The number of anilines is 1. The Morgan fingerprint density at radius 3 is 2.89 bits per heavy atom. The Balaban J connectivity index is 2.44. The van der Waals surface area contributed by atoms with Crippen LogP contribution in [0.5, 0.6) is 0 Å². The number of carboxylic acid groups (broad SMARTS) is 1. The number of rotatable bonds is 3. The normalized spacial score (nSPS) is 23.3. The Labute approximate surface area is 101 Å². The number of carboxylic acids is 1. The second kappa shape index (κ2) is 4.26. The fourth-order valence-electron chi connectivity index (χ4n) is 2.15. The van der Waals surface area contributed by atoms with Gasteiger partial charge in [0.25, 0.3) is 0 Å². The van der Waals surface area contributed by atoms with Gasteiger partial charge in [-0.15, -0.1) is 0 Å². The lowest BCUT2D eigenvalue weighted by Crippen LogP contribution is -2.37. The van der Waals surface area contributed by atoms with Gasteiger partial charge in [-0.25, -0.2) is 4.79 Å². The molecule has 1 aromatic heterocycles. The number of imidazole rings is 1. The van der Waals surface area contributed by atoms with Gasteiger partial charge in [-0.3, -0.25) is 4.57 Å². The summed E-state index contributed by atoms with van der Waals surface area (Å²) in [6.45, 7) is 0.0390. The first-order valence-corrected chi connectivity index (χ1v) is 5.25. The maximum atomic E-state index is 11.1. The van der Waals surface area contributed by atoms with Crippen LogP contribution in [-0.2, 0) is 11.8 Å². The van der Waals surface area contributed by atoms with Gasteiger partial charge in [-0.2, -0.15) is 0 Å². The Bertz CT molecular complexity index is 499. The molecule has 18 heavy (non-hydrogen) atoms. The van der Waals surface area contributed by atoms with E-state index in [1.54, 1.807) is 7.05 Å². The van der Waals surface area contributed by atoms with Crippen LogP contribution in [0.25, 0.3) is 0 Å². The van der Waals surface area contributed by atoms with Gasteiger partial charge in [-0.1, -0.05) is 0 Å². The SMILES string of the molecule is Cn1cnc([N+](=O)[O-])c1N1CC(O)CC1C(=O)O. The quantitative estimate of drug-likeness (QED) is 0.544. The number of aliphatic hydroxyl groups excluding tert-OH is 1. The van der Waals surface area contributed by atoms with E-state index in [9.17, 15) is 20.0 Å². The zero-order chi connectivity index (χ0) is 13.4. The molecule has 9 heteroatoms. The molecule has 0 saturated carbocycles. The molecule has 0 aromatic carbocycles. The zero-order valence-electron chi connectivity index (χ0n) is 9.55. The largest absolute Gasteiger partial charge is 0.480 e. The van der Waals surface area contributed by atoms with E-state index < -0.39 is 28.9 Å². The van der Waals surface area contributed by atoms with Gasteiger partial charge in [0.2, 0.25) is 12.1 Å². The molecule has 0 bridgehead atoms.